The van der Waals surface area contributed by atoms with Crippen LogP contribution < -0.4 is 4.74 Å². The van der Waals surface area contributed by atoms with E-state index in [-0.39, 0.29) is 11.5 Å². The van der Waals surface area contributed by atoms with Gasteiger partial charge in [0.1, 0.15) is 11.5 Å². The van der Waals surface area contributed by atoms with Crippen molar-refractivity contribution >= 4 is 16.9 Å². The zero-order chi connectivity index (χ0) is 18.6. The van der Waals surface area contributed by atoms with E-state index < -0.39 is 6.16 Å². The summed E-state index contributed by atoms with van der Waals surface area (Å²) in [5.74, 6) is 1.27. The molecule has 0 amide bonds. The van der Waals surface area contributed by atoms with Gasteiger partial charge in [-0.3, -0.25) is 0 Å². The molecule has 4 nitrogen and oxygen atoms in total. The topological polar surface area (TPSA) is 55.8 Å². The van der Waals surface area contributed by atoms with Crippen LogP contribution in [0.4, 0.5) is 4.79 Å². The molecule has 4 rings (SSSR count). The van der Waals surface area contributed by atoms with E-state index in [4.69, 9.17) is 9.47 Å². The zero-order valence-electron chi connectivity index (χ0n) is 15.9. The minimum absolute atomic E-state index is 0.0399. The van der Waals surface area contributed by atoms with Gasteiger partial charge in [0.05, 0.1) is 6.10 Å². The van der Waals surface area contributed by atoms with Gasteiger partial charge >= 0.3 is 6.16 Å². The Morgan fingerprint density at radius 2 is 2.12 bits per heavy atom. The molecule has 0 radical (unpaired) electrons. The van der Waals surface area contributed by atoms with E-state index in [0.29, 0.717) is 17.4 Å². The summed E-state index contributed by atoms with van der Waals surface area (Å²) in [6.07, 6.45) is 3.10. The number of rotatable bonds is 3. The fourth-order valence-electron chi connectivity index (χ4n) is 4.85. The summed E-state index contributed by atoms with van der Waals surface area (Å²) in [7, 11) is 0. The van der Waals surface area contributed by atoms with Gasteiger partial charge in [-0.2, -0.15) is 0 Å². The van der Waals surface area contributed by atoms with Gasteiger partial charge in [-0.15, -0.1) is 0 Å². The molecular formula is C22H26O4. The van der Waals surface area contributed by atoms with Crippen molar-refractivity contribution in [3.8, 4) is 11.5 Å². The molecule has 2 atom stereocenters. The monoisotopic (exact) mass is 354 g/mol. The number of hydrogen-bond acceptors (Lipinski definition) is 4. The number of aryl methyl sites for hydroxylation is 1. The van der Waals surface area contributed by atoms with Crippen LogP contribution in [0.15, 0.2) is 18.2 Å². The van der Waals surface area contributed by atoms with Gasteiger partial charge in [-0.1, -0.05) is 26.0 Å². The molecule has 26 heavy (non-hydrogen) atoms. The molecule has 1 fully saturated rings. The Bertz CT molecular complexity index is 899. The molecule has 2 aliphatic carbocycles. The van der Waals surface area contributed by atoms with Gasteiger partial charge in [0.15, 0.2) is 0 Å². The highest BCUT2D eigenvalue weighted by atomic mass is 16.7. The van der Waals surface area contributed by atoms with Crippen LogP contribution in [0, 0.1) is 0 Å². The number of ether oxygens (including phenoxy) is 2. The second-order valence-corrected chi connectivity index (χ2v) is 8.22. The van der Waals surface area contributed by atoms with Crippen LogP contribution in [0.3, 0.4) is 0 Å². The Morgan fingerprint density at radius 3 is 2.81 bits per heavy atom. The summed E-state index contributed by atoms with van der Waals surface area (Å²) in [6, 6.07) is 6.00. The minimum Gasteiger partial charge on any atom is -0.507 e. The lowest BCUT2D eigenvalue weighted by Crippen LogP contribution is -2.19. The highest BCUT2D eigenvalue weighted by Gasteiger charge is 2.50. The molecule has 2 aromatic rings. The Morgan fingerprint density at radius 1 is 1.35 bits per heavy atom. The van der Waals surface area contributed by atoms with Gasteiger partial charge in [0.25, 0.3) is 0 Å². The smallest absolute Gasteiger partial charge is 0.507 e. The zero-order valence-corrected chi connectivity index (χ0v) is 15.9. The maximum atomic E-state index is 12.3. The van der Waals surface area contributed by atoms with Gasteiger partial charge in [0, 0.05) is 21.9 Å². The quantitative estimate of drug-likeness (QED) is 0.578. The number of phenolic OH excluding ortho intramolecular Hbond substituents is 1. The number of benzene rings is 2. The molecule has 2 aromatic carbocycles. The first-order valence-corrected chi connectivity index (χ1v) is 9.54. The first-order chi connectivity index (χ1) is 12.3. The van der Waals surface area contributed by atoms with Crippen molar-refractivity contribution in [1.29, 1.82) is 0 Å². The van der Waals surface area contributed by atoms with Gasteiger partial charge in [-0.05, 0) is 62.5 Å². The van der Waals surface area contributed by atoms with Crippen LogP contribution in [0.1, 0.15) is 69.6 Å². The summed E-state index contributed by atoms with van der Waals surface area (Å²) < 4.78 is 11.0. The number of hydrogen-bond donors (Lipinski definition) is 1. The normalized spacial score (nSPS) is 23.5. The lowest BCUT2D eigenvalue weighted by atomic mass is 9.78. The van der Waals surface area contributed by atoms with Crippen LogP contribution in [-0.2, 0) is 16.6 Å². The molecule has 4 heteroatoms. The maximum Gasteiger partial charge on any atom is 0.514 e. The number of phenols is 1. The van der Waals surface area contributed by atoms with E-state index in [1.807, 2.05) is 18.2 Å². The van der Waals surface area contributed by atoms with E-state index in [0.717, 1.165) is 53.1 Å². The molecule has 2 aliphatic rings. The van der Waals surface area contributed by atoms with E-state index in [1.165, 1.54) is 0 Å². The van der Waals surface area contributed by atoms with Crippen molar-refractivity contribution in [1.82, 2.24) is 0 Å². The summed E-state index contributed by atoms with van der Waals surface area (Å²) in [5.41, 5.74) is 3.09. The summed E-state index contributed by atoms with van der Waals surface area (Å²) in [6.45, 7) is 7.91. The van der Waals surface area contributed by atoms with Crippen LogP contribution in [0.5, 0.6) is 11.5 Å². The second kappa shape index (κ2) is 5.90. The number of carbonyl (C=O) groups is 1. The highest BCUT2D eigenvalue weighted by molar-refractivity contribution is 5.98. The van der Waals surface area contributed by atoms with E-state index in [2.05, 4.69) is 13.8 Å². The average molecular weight is 354 g/mol. The predicted octanol–water partition coefficient (Wildman–Crippen LogP) is 5.57. The van der Waals surface area contributed by atoms with Gasteiger partial charge in [-0.25, -0.2) is 4.79 Å². The molecule has 2 bridgehead atoms. The lowest BCUT2D eigenvalue weighted by molar-refractivity contribution is 0.0729. The fourth-order valence-corrected chi connectivity index (χ4v) is 4.85. The largest absolute Gasteiger partial charge is 0.514 e. The Hall–Kier alpha value is -2.23. The van der Waals surface area contributed by atoms with Crippen LogP contribution in [-0.4, -0.2) is 17.4 Å². The molecule has 0 spiro atoms. The molecular weight excluding hydrogens is 328 g/mol. The predicted molar refractivity (Wildman–Crippen MR) is 101 cm³/mol. The van der Waals surface area contributed by atoms with Crippen molar-refractivity contribution in [2.75, 3.05) is 0 Å². The molecule has 1 saturated carbocycles. The molecule has 2 unspecified atom stereocenters. The molecule has 0 aliphatic heterocycles. The van der Waals surface area contributed by atoms with Crippen molar-refractivity contribution in [3.05, 3.63) is 34.9 Å². The number of aromatic hydroxyl groups is 1. The van der Waals surface area contributed by atoms with Crippen molar-refractivity contribution in [2.45, 2.75) is 70.8 Å². The second-order valence-electron chi connectivity index (χ2n) is 8.22. The Kier molecular flexibility index (Phi) is 3.90. The lowest BCUT2D eigenvalue weighted by Gasteiger charge is -2.28. The number of fused-ring (bicyclic) bond motifs is 6. The van der Waals surface area contributed by atoms with Gasteiger partial charge in [0.2, 0.25) is 0 Å². The van der Waals surface area contributed by atoms with Gasteiger partial charge < -0.3 is 14.6 Å². The van der Waals surface area contributed by atoms with Crippen molar-refractivity contribution in [3.63, 3.8) is 0 Å². The standard InChI is InChI=1S/C22H26O4/c1-5-13-6-7-15-16(10-13)20(26-21(24)25-12(2)3)17-14-8-9-22(4,11-14)18(17)19(15)23/h6-7,10,12,14,23H,5,8-9,11H2,1-4H3. The summed E-state index contributed by atoms with van der Waals surface area (Å²) in [5, 5.41) is 12.6. The first-order valence-electron chi connectivity index (χ1n) is 9.54. The maximum absolute atomic E-state index is 12.3. The molecule has 1 N–H and O–H groups in total. The highest BCUT2D eigenvalue weighted by Crippen LogP contribution is 2.63. The Balaban J connectivity index is 1.97. The third-order valence-corrected chi connectivity index (χ3v) is 6.01. The fraction of sp³-hybridized carbons (Fsp3) is 0.500. The first kappa shape index (κ1) is 17.2. The SMILES string of the molecule is CCc1ccc2c(O)c3c(c(OC(=O)OC(C)C)c2c1)C1CCC3(C)C1. The van der Waals surface area contributed by atoms with Crippen molar-refractivity contribution < 1.29 is 19.4 Å². The van der Waals surface area contributed by atoms with E-state index >= 15 is 0 Å². The van der Waals surface area contributed by atoms with E-state index in [1.54, 1.807) is 13.8 Å². The average Bonchev–Trinajstić information content (AvgIpc) is 3.11. The van der Waals surface area contributed by atoms with Crippen LogP contribution in [0.25, 0.3) is 10.8 Å². The third-order valence-electron chi connectivity index (χ3n) is 6.01. The molecule has 0 aromatic heterocycles. The molecule has 0 heterocycles. The number of carbonyl (C=O) groups excluding carboxylic acids is 1. The Labute approximate surface area is 154 Å². The van der Waals surface area contributed by atoms with Crippen molar-refractivity contribution in [2.24, 2.45) is 0 Å². The summed E-state index contributed by atoms with van der Waals surface area (Å²) >= 11 is 0. The van der Waals surface area contributed by atoms with Crippen LogP contribution in [0.2, 0.25) is 0 Å². The molecule has 138 valence electrons. The summed E-state index contributed by atoms with van der Waals surface area (Å²) in [4.78, 5) is 12.3. The minimum atomic E-state index is -0.677. The van der Waals surface area contributed by atoms with E-state index in [9.17, 15) is 9.90 Å². The molecule has 0 saturated heterocycles. The third kappa shape index (κ3) is 2.46. The van der Waals surface area contributed by atoms with Crippen LogP contribution >= 0.6 is 0 Å².